The maximum absolute atomic E-state index is 14.2. The van der Waals surface area contributed by atoms with Gasteiger partial charge in [-0.2, -0.15) is 13.2 Å². The molecule has 1 atom stereocenters. The van der Waals surface area contributed by atoms with Gasteiger partial charge in [-0.1, -0.05) is 6.07 Å². The number of alkyl halides is 4. The van der Waals surface area contributed by atoms with Crippen molar-refractivity contribution in [3.8, 4) is 11.5 Å². The molecule has 1 heterocycles. The summed E-state index contributed by atoms with van der Waals surface area (Å²) in [4.78, 5) is 27.8. The fourth-order valence-electron chi connectivity index (χ4n) is 2.83. The molecular weight excluding hydrogens is 475 g/mol. The molecule has 0 saturated heterocycles. The summed E-state index contributed by atoms with van der Waals surface area (Å²) < 4.78 is 72.7. The summed E-state index contributed by atoms with van der Waals surface area (Å²) >= 11 is 0. The molecule has 0 aliphatic rings. The summed E-state index contributed by atoms with van der Waals surface area (Å²) in [5, 5.41) is 6.88. The summed E-state index contributed by atoms with van der Waals surface area (Å²) in [6.45, 7) is 0.305. The van der Waals surface area contributed by atoms with Crippen molar-refractivity contribution in [1.29, 1.82) is 0 Å². The number of halogens is 5. The predicted octanol–water partition coefficient (Wildman–Crippen LogP) is 5.76. The Balaban J connectivity index is 1.67. The number of nitrogens with one attached hydrogen (secondary N) is 3. The van der Waals surface area contributed by atoms with Gasteiger partial charge in [0.25, 0.3) is 5.91 Å². The number of amides is 3. The first-order valence-corrected chi connectivity index (χ1v) is 10.0. The molecule has 0 saturated carbocycles. The summed E-state index contributed by atoms with van der Waals surface area (Å²) in [6.07, 6.45) is -3.83. The molecule has 184 valence electrons. The molecule has 0 aliphatic heterocycles. The van der Waals surface area contributed by atoms with Crippen LogP contribution in [0.4, 0.5) is 38.1 Å². The van der Waals surface area contributed by atoms with Gasteiger partial charge in [-0.15, -0.1) is 0 Å². The Morgan fingerprint density at radius 3 is 2.23 bits per heavy atom. The number of aromatic nitrogens is 1. The van der Waals surface area contributed by atoms with E-state index in [1.165, 1.54) is 49.6 Å². The number of nitrogens with zero attached hydrogens (tertiary/aromatic N) is 1. The van der Waals surface area contributed by atoms with Gasteiger partial charge in [-0.25, -0.2) is 13.6 Å². The van der Waals surface area contributed by atoms with E-state index in [0.717, 1.165) is 0 Å². The van der Waals surface area contributed by atoms with Crippen LogP contribution in [0.15, 0.2) is 60.8 Å². The lowest BCUT2D eigenvalue weighted by Gasteiger charge is -2.24. The Bertz CT molecular complexity index is 1230. The molecule has 0 fully saturated rings. The van der Waals surface area contributed by atoms with Gasteiger partial charge >= 0.3 is 12.2 Å². The molecule has 1 aromatic heterocycles. The van der Waals surface area contributed by atoms with Gasteiger partial charge in [0.05, 0.1) is 5.69 Å². The molecule has 7 nitrogen and oxygen atoms in total. The number of rotatable bonds is 6. The Labute approximate surface area is 196 Å². The van der Waals surface area contributed by atoms with Crippen LogP contribution in [0, 0.1) is 5.82 Å². The molecule has 0 aliphatic carbocycles. The fourth-order valence-corrected chi connectivity index (χ4v) is 2.83. The summed E-state index contributed by atoms with van der Waals surface area (Å²) in [5.74, 6) is -0.735. The van der Waals surface area contributed by atoms with E-state index in [9.17, 15) is 31.5 Å². The smallest absolute Gasteiger partial charge is 0.426 e. The molecule has 3 amide bonds. The lowest BCUT2D eigenvalue weighted by Crippen LogP contribution is -2.35. The maximum atomic E-state index is 14.2. The van der Waals surface area contributed by atoms with E-state index in [1.807, 2.05) is 0 Å². The number of hydrogen-bond donors (Lipinski definition) is 3. The van der Waals surface area contributed by atoms with Crippen molar-refractivity contribution in [2.75, 3.05) is 17.7 Å². The molecule has 3 N–H and O–H groups in total. The second kappa shape index (κ2) is 9.95. The Hall–Kier alpha value is -4.22. The Kier molecular flexibility index (Phi) is 7.22. The van der Waals surface area contributed by atoms with Gasteiger partial charge in [-0.3, -0.25) is 9.78 Å². The first-order valence-electron chi connectivity index (χ1n) is 10.0. The maximum Gasteiger partial charge on any atom is 0.426 e. The number of pyridine rings is 1. The van der Waals surface area contributed by atoms with Crippen LogP contribution in [-0.2, 0) is 5.67 Å². The van der Waals surface area contributed by atoms with E-state index in [2.05, 4.69) is 20.9 Å². The zero-order valence-corrected chi connectivity index (χ0v) is 18.3. The van der Waals surface area contributed by atoms with E-state index in [0.29, 0.717) is 36.6 Å². The van der Waals surface area contributed by atoms with Crippen molar-refractivity contribution in [2.24, 2.45) is 0 Å². The van der Waals surface area contributed by atoms with E-state index in [1.54, 1.807) is 0 Å². The number of ether oxygens (including phenoxy) is 1. The van der Waals surface area contributed by atoms with Crippen LogP contribution in [0.3, 0.4) is 0 Å². The normalized spacial score (nSPS) is 12.9. The minimum atomic E-state index is -5.23. The zero-order valence-electron chi connectivity index (χ0n) is 18.3. The third-order valence-electron chi connectivity index (χ3n) is 4.83. The van der Waals surface area contributed by atoms with Crippen LogP contribution in [0.1, 0.15) is 23.0 Å². The van der Waals surface area contributed by atoms with Crippen molar-refractivity contribution in [2.45, 2.75) is 18.8 Å². The quantitative estimate of drug-likeness (QED) is 0.380. The third kappa shape index (κ3) is 6.02. The van der Waals surface area contributed by atoms with Crippen LogP contribution < -0.4 is 20.7 Å². The zero-order chi connectivity index (χ0) is 25.8. The van der Waals surface area contributed by atoms with Gasteiger partial charge in [0.15, 0.2) is 0 Å². The highest BCUT2D eigenvalue weighted by molar-refractivity contribution is 6.00. The average Bonchev–Trinajstić information content (AvgIpc) is 2.80. The Morgan fingerprint density at radius 1 is 0.914 bits per heavy atom. The highest BCUT2D eigenvalue weighted by Gasteiger charge is 2.53. The molecule has 2 aromatic carbocycles. The largest absolute Gasteiger partial charge is 0.457 e. The van der Waals surface area contributed by atoms with Crippen LogP contribution in [-0.4, -0.2) is 30.1 Å². The predicted molar refractivity (Wildman–Crippen MR) is 118 cm³/mol. The number of carbonyl (C=O) groups is 2. The second-order valence-corrected chi connectivity index (χ2v) is 7.36. The first-order chi connectivity index (χ1) is 16.4. The van der Waals surface area contributed by atoms with E-state index in [-0.39, 0.29) is 11.4 Å². The highest BCUT2D eigenvalue weighted by atomic mass is 19.4. The standard InChI is InChI=1S/C23H19F5N4O3/c1-22(25,23(26,27)28)13-3-8-17(24)18(11-13)32-21(34)31-14-4-6-15(7-5-14)35-16-9-10-30-19(12-16)20(33)29-2/h3-12H,1-2H3,(H,29,33)(H2,31,32,34). The second-order valence-electron chi connectivity index (χ2n) is 7.36. The van der Waals surface area contributed by atoms with E-state index in [4.69, 9.17) is 4.74 Å². The number of urea groups is 1. The number of carbonyl (C=O) groups excluding carboxylic acids is 2. The third-order valence-corrected chi connectivity index (χ3v) is 4.83. The molecule has 0 spiro atoms. The van der Waals surface area contributed by atoms with Gasteiger partial charge in [-0.05, 0) is 49.4 Å². The van der Waals surface area contributed by atoms with E-state index >= 15 is 0 Å². The first kappa shape index (κ1) is 25.4. The molecule has 35 heavy (non-hydrogen) atoms. The van der Waals surface area contributed by atoms with Gasteiger partial charge in [0.1, 0.15) is 23.0 Å². The van der Waals surface area contributed by atoms with Crippen LogP contribution in [0.5, 0.6) is 11.5 Å². The highest BCUT2D eigenvalue weighted by Crippen LogP contribution is 2.43. The summed E-state index contributed by atoms with van der Waals surface area (Å²) in [6, 6.07) is 9.77. The topological polar surface area (TPSA) is 92.4 Å². The van der Waals surface area contributed by atoms with Crippen molar-refractivity contribution in [3.05, 3.63) is 77.9 Å². The molecule has 1 unspecified atom stereocenters. The summed E-state index contributed by atoms with van der Waals surface area (Å²) in [7, 11) is 1.46. The number of anilines is 2. The fraction of sp³-hybridized carbons (Fsp3) is 0.174. The molecule has 3 rings (SSSR count). The monoisotopic (exact) mass is 494 g/mol. The molecular formula is C23H19F5N4O3. The molecule has 12 heteroatoms. The average molecular weight is 494 g/mol. The van der Waals surface area contributed by atoms with Crippen molar-refractivity contribution >= 4 is 23.3 Å². The van der Waals surface area contributed by atoms with Crippen molar-refractivity contribution < 1.29 is 36.3 Å². The number of benzene rings is 2. The molecule has 0 radical (unpaired) electrons. The van der Waals surface area contributed by atoms with Gasteiger partial charge in [0.2, 0.25) is 5.67 Å². The van der Waals surface area contributed by atoms with Crippen LogP contribution in [0.25, 0.3) is 0 Å². The minimum Gasteiger partial charge on any atom is -0.457 e. The van der Waals surface area contributed by atoms with Crippen molar-refractivity contribution in [1.82, 2.24) is 10.3 Å². The Morgan fingerprint density at radius 2 is 1.60 bits per heavy atom. The van der Waals surface area contributed by atoms with Crippen LogP contribution >= 0.6 is 0 Å². The van der Waals surface area contributed by atoms with Gasteiger partial charge < -0.3 is 20.7 Å². The minimum absolute atomic E-state index is 0.152. The number of hydrogen-bond acceptors (Lipinski definition) is 4. The van der Waals surface area contributed by atoms with Gasteiger partial charge in [0, 0.05) is 30.6 Å². The lowest BCUT2D eigenvalue weighted by atomic mass is 9.96. The SMILES string of the molecule is CNC(=O)c1cc(Oc2ccc(NC(=O)Nc3cc(C(C)(F)C(F)(F)F)ccc3F)cc2)ccn1. The molecule has 3 aromatic rings. The lowest BCUT2D eigenvalue weighted by molar-refractivity contribution is -0.228. The van der Waals surface area contributed by atoms with E-state index < -0.39 is 40.9 Å². The van der Waals surface area contributed by atoms with Crippen molar-refractivity contribution in [3.63, 3.8) is 0 Å². The summed E-state index contributed by atoms with van der Waals surface area (Å²) in [5.41, 5.74) is -4.83. The van der Waals surface area contributed by atoms with Crippen LogP contribution in [0.2, 0.25) is 0 Å². The molecule has 0 bridgehead atoms.